The predicted octanol–water partition coefficient (Wildman–Crippen LogP) is 2.71. The maximum atomic E-state index is 11.0. The van der Waals surface area contributed by atoms with Crippen LogP contribution < -0.4 is 0 Å². The lowest BCUT2D eigenvalue weighted by atomic mass is 10.1. The molecular weight excluding hydrogens is 124 g/mol. The van der Waals surface area contributed by atoms with Gasteiger partial charge >= 0.3 is 0 Å². The summed E-state index contributed by atoms with van der Waals surface area (Å²) in [5.41, 5.74) is 0.973. The summed E-state index contributed by atoms with van der Waals surface area (Å²) in [6, 6.07) is 0. The van der Waals surface area contributed by atoms with Crippen LogP contribution in [0.25, 0.3) is 0 Å². The molecule has 0 spiro atoms. The highest BCUT2D eigenvalue weighted by Gasteiger charge is 1.99. The van der Waals surface area contributed by atoms with Gasteiger partial charge in [-0.1, -0.05) is 25.5 Å². The molecule has 0 heterocycles. The van der Waals surface area contributed by atoms with Crippen molar-refractivity contribution in [2.45, 2.75) is 39.5 Å². The van der Waals surface area contributed by atoms with E-state index >= 15 is 0 Å². The van der Waals surface area contributed by atoms with Gasteiger partial charge in [0.1, 0.15) is 5.78 Å². The Morgan fingerprint density at radius 1 is 1.50 bits per heavy atom. The van der Waals surface area contributed by atoms with E-state index in [1.807, 2.05) is 6.92 Å². The first-order valence-electron chi connectivity index (χ1n) is 3.83. The molecule has 0 bridgehead atoms. The van der Waals surface area contributed by atoms with Gasteiger partial charge in [-0.2, -0.15) is 0 Å². The van der Waals surface area contributed by atoms with E-state index in [0.29, 0.717) is 12.2 Å². The number of ketones is 1. The maximum Gasteiger partial charge on any atom is 0.136 e. The minimum Gasteiger partial charge on any atom is -0.299 e. The highest BCUT2D eigenvalue weighted by atomic mass is 16.1. The molecule has 0 saturated heterocycles. The minimum atomic E-state index is 0.328. The van der Waals surface area contributed by atoms with Crippen LogP contribution in [0.3, 0.4) is 0 Å². The minimum absolute atomic E-state index is 0.328. The van der Waals surface area contributed by atoms with Gasteiger partial charge in [-0.25, -0.2) is 0 Å². The molecule has 1 heteroatoms. The summed E-state index contributed by atoms with van der Waals surface area (Å²) in [5.74, 6) is 0.328. The molecule has 0 fully saturated rings. The molecule has 0 aromatic heterocycles. The first-order chi connectivity index (χ1) is 4.66. The summed E-state index contributed by atoms with van der Waals surface area (Å²) in [7, 11) is 0. The zero-order valence-electron chi connectivity index (χ0n) is 6.94. The number of carbonyl (C=O) groups is 1. The number of allylic oxidation sites excluding steroid dienone is 1. The lowest BCUT2D eigenvalue weighted by Gasteiger charge is -1.96. The molecule has 58 valence electrons. The third-order valence-electron chi connectivity index (χ3n) is 1.31. The molecular formula is C9H16O. The highest BCUT2D eigenvalue weighted by Crippen LogP contribution is 2.03. The van der Waals surface area contributed by atoms with E-state index in [4.69, 9.17) is 0 Å². The van der Waals surface area contributed by atoms with Crippen LogP contribution in [0.5, 0.6) is 0 Å². The van der Waals surface area contributed by atoms with Crippen molar-refractivity contribution in [3.05, 3.63) is 12.2 Å². The first-order valence-corrected chi connectivity index (χ1v) is 3.83. The maximum absolute atomic E-state index is 11.0. The summed E-state index contributed by atoms with van der Waals surface area (Å²) < 4.78 is 0. The summed E-state index contributed by atoms with van der Waals surface area (Å²) >= 11 is 0. The number of carbonyl (C=O) groups excluding carboxylic acids is 1. The number of Topliss-reactive ketones (excluding diaryl/α,β-unsaturated/α-hetero) is 1. The van der Waals surface area contributed by atoms with Crippen LogP contribution in [-0.2, 0) is 4.79 Å². The molecule has 0 aliphatic carbocycles. The zero-order chi connectivity index (χ0) is 7.98. The van der Waals surface area contributed by atoms with Crippen molar-refractivity contribution in [1.29, 1.82) is 0 Å². The molecule has 0 atom stereocenters. The molecule has 0 aliphatic rings. The van der Waals surface area contributed by atoms with Gasteiger partial charge in [-0.05, 0) is 13.3 Å². The van der Waals surface area contributed by atoms with Crippen LogP contribution in [0.2, 0.25) is 0 Å². The molecule has 0 aromatic carbocycles. The van der Waals surface area contributed by atoms with Gasteiger partial charge in [-0.15, -0.1) is 0 Å². The standard InChI is InChI=1S/C9H16O/c1-4-5-6-9(10)7-8(2)3/h2,4-7H2,1,3H3. The van der Waals surface area contributed by atoms with E-state index in [9.17, 15) is 4.79 Å². The van der Waals surface area contributed by atoms with Crippen LogP contribution in [0.1, 0.15) is 39.5 Å². The lowest BCUT2D eigenvalue weighted by Crippen LogP contribution is -1.96. The molecule has 0 N–H and O–H groups in total. The average Bonchev–Trinajstić information content (AvgIpc) is 1.82. The van der Waals surface area contributed by atoms with Gasteiger partial charge < -0.3 is 0 Å². The van der Waals surface area contributed by atoms with E-state index in [1.165, 1.54) is 0 Å². The first kappa shape index (κ1) is 9.41. The third-order valence-corrected chi connectivity index (χ3v) is 1.31. The average molecular weight is 140 g/mol. The van der Waals surface area contributed by atoms with Crippen molar-refractivity contribution in [3.63, 3.8) is 0 Å². The van der Waals surface area contributed by atoms with E-state index in [0.717, 1.165) is 24.8 Å². The molecule has 0 amide bonds. The Kier molecular flexibility index (Phi) is 4.91. The Morgan fingerprint density at radius 3 is 2.50 bits per heavy atom. The van der Waals surface area contributed by atoms with Crippen LogP contribution in [-0.4, -0.2) is 5.78 Å². The van der Waals surface area contributed by atoms with Crippen molar-refractivity contribution < 1.29 is 4.79 Å². The second kappa shape index (κ2) is 5.21. The van der Waals surface area contributed by atoms with Crippen molar-refractivity contribution >= 4 is 5.78 Å². The Bertz CT molecular complexity index is 125. The summed E-state index contributed by atoms with van der Waals surface area (Å²) in [4.78, 5) is 11.0. The van der Waals surface area contributed by atoms with Gasteiger partial charge in [-0.3, -0.25) is 4.79 Å². The van der Waals surface area contributed by atoms with E-state index < -0.39 is 0 Å². The Labute approximate surface area is 63.1 Å². The van der Waals surface area contributed by atoms with E-state index in [2.05, 4.69) is 13.5 Å². The monoisotopic (exact) mass is 140 g/mol. The fraction of sp³-hybridized carbons (Fsp3) is 0.667. The predicted molar refractivity (Wildman–Crippen MR) is 44.0 cm³/mol. The van der Waals surface area contributed by atoms with Crippen molar-refractivity contribution in [2.75, 3.05) is 0 Å². The Morgan fingerprint density at radius 2 is 2.10 bits per heavy atom. The summed E-state index contributed by atoms with van der Waals surface area (Å²) in [6.45, 7) is 7.67. The molecule has 0 saturated carbocycles. The molecule has 0 unspecified atom stereocenters. The van der Waals surface area contributed by atoms with Crippen LogP contribution in [0, 0.1) is 0 Å². The fourth-order valence-electron chi connectivity index (χ4n) is 0.799. The smallest absolute Gasteiger partial charge is 0.136 e. The van der Waals surface area contributed by atoms with Gasteiger partial charge in [0.2, 0.25) is 0 Å². The quantitative estimate of drug-likeness (QED) is 0.536. The summed E-state index contributed by atoms with van der Waals surface area (Å²) in [5, 5.41) is 0. The van der Waals surface area contributed by atoms with Crippen LogP contribution in [0.15, 0.2) is 12.2 Å². The summed E-state index contributed by atoms with van der Waals surface area (Å²) in [6.07, 6.45) is 3.41. The molecule has 1 nitrogen and oxygen atoms in total. The molecule has 0 aromatic rings. The lowest BCUT2D eigenvalue weighted by molar-refractivity contribution is -0.118. The van der Waals surface area contributed by atoms with E-state index in [-0.39, 0.29) is 0 Å². The zero-order valence-corrected chi connectivity index (χ0v) is 6.94. The Balaban J connectivity index is 3.35. The number of unbranched alkanes of at least 4 members (excludes halogenated alkanes) is 1. The van der Waals surface area contributed by atoms with Crippen LogP contribution >= 0.6 is 0 Å². The van der Waals surface area contributed by atoms with Crippen LogP contribution in [0.4, 0.5) is 0 Å². The van der Waals surface area contributed by atoms with Gasteiger partial charge in [0.05, 0.1) is 0 Å². The van der Waals surface area contributed by atoms with Crippen molar-refractivity contribution in [1.82, 2.24) is 0 Å². The van der Waals surface area contributed by atoms with E-state index in [1.54, 1.807) is 0 Å². The van der Waals surface area contributed by atoms with Crippen molar-refractivity contribution in [2.24, 2.45) is 0 Å². The largest absolute Gasteiger partial charge is 0.299 e. The SMILES string of the molecule is C=C(C)CC(=O)CCCC. The molecule has 10 heavy (non-hydrogen) atoms. The van der Waals surface area contributed by atoms with Gasteiger partial charge in [0, 0.05) is 12.8 Å². The Hall–Kier alpha value is -0.590. The fourth-order valence-corrected chi connectivity index (χ4v) is 0.799. The van der Waals surface area contributed by atoms with Gasteiger partial charge in [0.15, 0.2) is 0 Å². The normalized spacial score (nSPS) is 9.40. The number of rotatable bonds is 5. The third kappa shape index (κ3) is 5.54. The molecule has 0 aliphatic heterocycles. The molecule has 0 rings (SSSR count). The molecule has 0 radical (unpaired) electrons. The topological polar surface area (TPSA) is 17.1 Å². The van der Waals surface area contributed by atoms with Crippen molar-refractivity contribution in [3.8, 4) is 0 Å². The highest BCUT2D eigenvalue weighted by molar-refractivity contribution is 5.80. The second-order valence-corrected chi connectivity index (χ2v) is 2.78. The number of hydrogen-bond donors (Lipinski definition) is 0. The number of hydrogen-bond acceptors (Lipinski definition) is 1. The van der Waals surface area contributed by atoms with Gasteiger partial charge in [0.25, 0.3) is 0 Å². The second-order valence-electron chi connectivity index (χ2n) is 2.78.